The van der Waals surface area contributed by atoms with E-state index in [2.05, 4.69) is 20.6 Å². The van der Waals surface area contributed by atoms with Crippen molar-refractivity contribution in [2.75, 3.05) is 34.5 Å². The van der Waals surface area contributed by atoms with E-state index < -0.39 is 0 Å². The molecular weight excluding hydrogens is 426 g/mol. The smallest absolute Gasteiger partial charge is 0.251 e. The van der Waals surface area contributed by atoms with Crippen LogP contribution in [0.1, 0.15) is 10.4 Å². The number of amides is 1. The predicted octanol–water partition coefficient (Wildman–Crippen LogP) is 2.63. The van der Waals surface area contributed by atoms with Gasteiger partial charge in [0.1, 0.15) is 23.9 Å². The second-order valence-electron chi connectivity index (χ2n) is 6.90. The van der Waals surface area contributed by atoms with Crippen LogP contribution in [0.15, 0.2) is 54.6 Å². The van der Waals surface area contributed by atoms with Gasteiger partial charge >= 0.3 is 0 Å². The van der Waals surface area contributed by atoms with Gasteiger partial charge in [-0.15, -0.1) is 15.3 Å². The summed E-state index contributed by atoms with van der Waals surface area (Å²) in [7, 11) is 4.67. The lowest BCUT2D eigenvalue weighted by Crippen LogP contribution is -2.28. The van der Waals surface area contributed by atoms with E-state index >= 15 is 0 Å². The van der Waals surface area contributed by atoms with Gasteiger partial charge in [-0.05, 0) is 30.3 Å². The predicted molar refractivity (Wildman–Crippen MR) is 120 cm³/mol. The second kappa shape index (κ2) is 9.86. The maximum Gasteiger partial charge on any atom is 0.251 e. The van der Waals surface area contributed by atoms with Gasteiger partial charge in [0.15, 0.2) is 11.5 Å². The summed E-state index contributed by atoms with van der Waals surface area (Å²) in [5, 5.41) is 15.7. The molecule has 0 saturated heterocycles. The molecule has 4 aromatic rings. The fourth-order valence-electron chi connectivity index (χ4n) is 3.15. The highest BCUT2D eigenvalue weighted by Crippen LogP contribution is 2.24. The zero-order chi connectivity index (χ0) is 23.2. The Balaban J connectivity index is 1.40. The Morgan fingerprint density at radius 1 is 0.909 bits per heavy atom. The first-order chi connectivity index (χ1) is 16.1. The van der Waals surface area contributed by atoms with E-state index in [-0.39, 0.29) is 19.1 Å². The van der Waals surface area contributed by atoms with Gasteiger partial charge in [0.25, 0.3) is 5.91 Å². The third-order valence-electron chi connectivity index (χ3n) is 4.82. The minimum Gasteiger partial charge on any atom is -0.497 e. The quantitative estimate of drug-likeness (QED) is 0.389. The molecular formula is C23H23N5O5. The first kappa shape index (κ1) is 21.9. The van der Waals surface area contributed by atoms with Gasteiger partial charge < -0.3 is 24.3 Å². The third kappa shape index (κ3) is 4.95. The number of methoxy groups -OCH3 is 3. The molecule has 0 aliphatic rings. The van der Waals surface area contributed by atoms with Crippen molar-refractivity contribution in [3.63, 3.8) is 0 Å². The van der Waals surface area contributed by atoms with E-state index in [9.17, 15) is 4.79 Å². The lowest BCUT2D eigenvalue weighted by atomic mass is 10.2. The van der Waals surface area contributed by atoms with Gasteiger partial charge in [0.05, 0.1) is 27.9 Å². The van der Waals surface area contributed by atoms with Crippen molar-refractivity contribution in [1.29, 1.82) is 0 Å². The summed E-state index contributed by atoms with van der Waals surface area (Å²) in [6.45, 7) is 0.505. The van der Waals surface area contributed by atoms with Crippen molar-refractivity contribution >= 4 is 11.6 Å². The molecule has 0 unspecified atom stereocenters. The molecule has 0 spiro atoms. The Kier molecular flexibility index (Phi) is 6.53. The van der Waals surface area contributed by atoms with Crippen LogP contribution < -0.4 is 24.3 Å². The van der Waals surface area contributed by atoms with Gasteiger partial charge in [-0.1, -0.05) is 12.1 Å². The summed E-state index contributed by atoms with van der Waals surface area (Å²) in [5.41, 5.74) is 1.83. The summed E-state index contributed by atoms with van der Waals surface area (Å²) in [5.74, 6) is 2.46. The fourth-order valence-corrected chi connectivity index (χ4v) is 3.15. The van der Waals surface area contributed by atoms with Crippen LogP contribution in [0.25, 0.3) is 17.0 Å². The molecule has 2 heterocycles. The minimum absolute atomic E-state index is 0.224. The Morgan fingerprint density at radius 2 is 1.67 bits per heavy atom. The van der Waals surface area contributed by atoms with Crippen LogP contribution in [0.2, 0.25) is 0 Å². The first-order valence-electron chi connectivity index (χ1n) is 10.1. The number of nitrogens with zero attached hydrogens (tertiary/aromatic N) is 4. The van der Waals surface area contributed by atoms with Crippen molar-refractivity contribution in [1.82, 2.24) is 25.1 Å². The number of hydrogen-bond acceptors (Lipinski definition) is 8. The average Bonchev–Trinajstić information content (AvgIpc) is 3.29. The average molecular weight is 449 g/mol. The molecule has 170 valence electrons. The molecule has 0 radical (unpaired) electrons. The molecule has 10 nitrogen and oxygen atoms in total. The number of carbonyl (C=O) groups is 1. The van der Waals surface area contributed by atoms with Gasteiger partial charge in [-0.2, -0.15) is 4.52 Å². The first-order valence-corrected chi connectivity index (χ1v) is 10.1. The van der Waals surface area contributed by atoms with E-state index in [1.54, 1.807) is 42.0 Å². The standard InChI is InChI=1S/C23H23N5O5/c1-30-17-6-4-5-15(11-17)22-26-25-20-7-8-21(27-28(20)22)33-10-9-24-23(29)16-12-18(31-2)14-19(13-16)32-3/h4-8,11-14H,9-10H2,1-3H3,(H,24,29). The molecule has 0 atom stereocenters. The molecule has 10 heteroatoms. The number of aromatic nitrogens is 4. The number of carbonyl (C=O) groups excluding carboxylic acids is 1. The molecule has 0 aliphatic carbocycles. The molecule has 1 N–H and O–H groups in total. The van der Waals surface area contributed by atoms with Crippen molar-refractivity contribution < 1.29 is 23.7 Å². The number of benzene rings is 2. The third-order valence-corrected chi connectivity index (χ3v) is 4.82. The molecule has 0 aliphatic heterocycles. The summed E-state index contributed by atoms with van der Waals surface area (Å²) < 4.78 is 23.0. The molecule has 0 bridgehead atoms. The van der Waals surface area contributed by atoms with Crippen LogP contribution in [0.3, 0.4) is 0 Å². The molecule has 0 saturated carbocycles. The summed E-state index contributed by atoms with van der Waals surface area (Å²) >= 11 is 0. The largest absolute Gasteiger partial charge is 0.497 e. The number of ether oxygens (including phenoxy) is 4. The summed E-state index contributed by atoms with van der Waals surface area (Å²) in [4.78, 5) is 12.5. The SMILES string of the molecule is COc1cc(OC)cc(C(=O)NCCOc2ccc3nnc(-c4cccc(OC)c4)n3n2)c1. The van der Waals surface area contributed by atoms with Crippen LogP contribution >= 0.6 is 0 Å². The minimum atomic E-state index is -0.265. The highest BCUT2D eigenvalue weighted by Gasteiger charge is 2.12. The maximum absolute atomic E-state index is 12.5. The van der Waals surface area contributed by atoms with E-state index in [1.165, 1.54) is 14.2 Å². The van der Waals surface area contributed by atoms with Crippen molar-refractivity contribution in [3.8, 4) is 34.5 Å². The topological polar surface area (TPSA) is 109 Å². The molecule has 2 aromatic carbocycles. The van der Waals surface area contributed by atoms with Gasteiger partial charge in [-0.25, -0.2) is 0 Å². The Morgan fingerprint density at radius 3 is 2.39 bits per heavy atom. The molecule has 0 fully saturated rings. The Hall–Kier alpha value is -4.34. The second-order valence-corrected chi connectivity index (χ2v) is 6.90. The summed E-state index contributed by atoms with van der Waals surface area (Å²) in [6.07, 6.45) is 0. The van der Waals surface area contributed by atoms with Crippen molar-refractivity contribution in [2.45, 2.75) is 0 Å². The van der Waals surface area contributed by atoms with Gasteiger partial charge in [0.2, 0.25) is 5.88 Å². The van der Waals surface area contributed by atoms with Gasteiger partial charge in [0, 0.05) is 23.3 Å². The highest BCUT2D eigenvalue weighted by atomic mass is 16.5. The Labute approximate surface area is 190 Å². The zero-order valence-corrected chi connectivity index (χ0v) is 18.4. The van der Waals surface area contributed by atoms with Crippen LogP contribution in [-0.4, -0.2) is 60.2 Å². The monoisotopic (exact) mass is 449 g/mol. The van der Waals surface area contributed by atoms with E-state index in [0.717, 1.165) is 5.56 Å². The molecule has 1 amide bonds. The number of nitrogens with one attached hydrogen (secondary N) is 1. The number of fused-ring (bicyclic) bond motifs is 1. The maximum atomic E-state index is 12.5. The van der Waals surface area contributed by atoms with Crippen molar-refractivity contribution in [3.05, 3.63) is 60.2 Å². The lowest BCUT2D eigenvalue weighted by molar-refractivity contribution is 0.0945. The van der Waals surface area contributed by atoms with Crippen LogP contribution in [-0.2, 0) is 0 Å². The number of hydrogen-bond donors (Lipinski definition) is 1. The van der Waals surface area contributed by atoms with Crippen molar-refractivity contribution in [2.24, 2.45) is 0 Å². The fraction of sp³-hybridized carbons (Fsp3) is 0.217. The van der Waals surface area contributed by atoms with Crippen LogP contribution in [0, 0.1) is 0 Å². The van der Waals surface area contributed by atoms with E-state index in [4.69, 9.17) is 18.9 Å². The van der Waals surface area contributed by atoms with E-state index in [0.29, 0.717) is 40.2 Å². The Bertz CT molecular complexity index is 1250. The summed E-state index contributed by atoms with van der Waals surface area (Å²) in [6, 6.07) is 15.9. The zero-order valence-electron chi connectivity index (χ0n) is 18.4. The normalized spacial score (nSPS) is 10.6. The lowest BCUT2D eigenvalue weighted by Gasteiger charge is -2.10. The van der Waals surface area contributed by atoms with Crippen LogP contribution in [0.5, 0.6) is 23.1 Å². The highest BCUT2D eigenvalue weighted by molar-refractivity contribution is 5.95. The van der Waals surface area contributed by atoms with Crippen LogP contribution in [0.4, 0.5) is 0 Å². The molecule has 33 heavy (non-hydrogen) atoms. The molecule has 2 aromatic heterocycles. The number of rotatable bonds is 9. The molecule has 4 rings (SSSR count). The van der Waals surface area contributed by atoms with E-state index in [1.807, 2.05) is 24.3 Å². The van der Waals surface area contributed by atoms with Gasteiger partial charge in [-0.3, -0.25) is 4.79 Å².